The third-order valence-corrected chi connectivity index (χ3v) is 6.61. The first-order chi connectivity index (χ1) is 15.1. The van der Waals surface area contributed by atoms with Gasteiger partial charge in [-0.15, -0.1) is 5.10 Å². The molecule has 0 bridgehead atoms. The fraction of sp³-hybridized carbons (Fsp3) is 0.455. The highest BCUT2D eigenvalue weighted by atomic mass is 16.5. The van der Waals surface area contributed by atoms with Crippen LogP contribution in [0.1, 0.15) is 50.4 Å². The summed E-state index contributed by atoms with van der Waals surface area (Å²) in [5.74, 6) is 2.04. The number of nitrogens with zero attached hydrogens (tertiary/aromatic N) is 7. The second-order valence-corrected chi connectivity index (χ2v) is 8.72. The highest BCUT2D eigenvalue weighted by molar-refractivity contribution is 5.95. The highest BCUT2D eigenvalue weighted by Gasteiger charge is 2.31. The number of benzene rings is 1. The van der Waals surface area contributed by atoms with Crippen LogP contribution in [0.2, 0.25) is 0 Å². The molecule has 2 atom stereocenters. The van der Waals surface area contributed by atoms with Gasteiger partial charge in [-0.05, 0) is 44.7 Å². The molecule has 160 valence electrons. The normalized spacial score (nSPS) is 21.8. The highest BCUT2D eigenvalue weighted by Crippen LogP contribution is 2.37. The largest absolute Gasteiger partial charge is 0.494 e. The molecule has 1 saturated carbocycles. The van der Waals surface area contributed by atoms with Gasteiger partial charge in [0.2, 0.25) is 5.95 Å². The maximum absolute atomic E-state index is 6.24. The van der Waals surface area contributed by atoms with Crippen LogP contribution >= 0.6 is 0 Å². The second kappa shape index (κ2) is 6.83. The standard InChI is InChI=1S/C22H26N8O/c1-13-6-7-14(11-28(13)16-10-24-29(12-16)15-8-9-15)20-26-21-17-4-3-5-18(31-2)19(17)25-22(23)30(21)27-20/h3-5,10,12-15H,6-9,11H2,1-2H3,(H2,23,25)/t13-,14-/m1/s1. The summed E-state index contributed by atoms with van der Waals surface area (Å²) >= 11 is 0. The lowest BCUT2D eigenvalue weighted by atomic mass is 9.92. The molecule has 0 amide bonds. The van der Waals surface area contributed by atoms with Gasteiger partial charge in [-0.2, -0.15) is 9.61 Å². The number of fused-ring (bicyclic) bond motifs is 3. The van der Waals surface area contributed by atoms with E-state index in [1.54, 1.807) is 11.6 Å². The van der Waals surface area contributed by atoms with Crippen molar-refractivity contribution in [2.45, 2.75) is 50.6 Å². The Bertz CT molecular complexity index is 1270. The molecule has 1 aromatic carbocycles. The SMILES string of the molecule is COc1cccc2c1nc(N)n1nc([C@@H]3CC[C@@H](C)N(c4cnn(C5CC5)c4)C3)nc21. The molecule has 2 aliphatic rings. The molecule has 0 spiro atoms. The molecule has 31 heavy (non-hydrogen) atoms. The zero-order chi connectivity index (χ0) is 21.1. The number of hydrogen-bond donors (Lipinski definition) is 1. The maximum Gasteiger partial charge on any atom is 0.223 e. The van der Waals surface area contributed by atoms with Crippen molar-refractivity contribution in [3.8, 4) is 5.75 Å². The topological polar surface area (TPSA) is 99.4 Å². The van der Waals surface area contributed by atoms with Crippen molar-refractivity contribution in [1.29, 1.82) is 0 Å². The third kappa shape index (κ3) is 2.98. The van der Waals surface area contributed by atoms with Crippen molar-refractivity contribution >= 4 is 28.2 Å². The fourth-order valence-corrected chi connectivity index (χ4v) is 4.67. The Labute approximate surface area is 179 Å². The van der Waals surface area contributed by atoms with Gasteiger partial charge in [0.15, 0.2) is 11.5 Å². The zero-order valence-corrected chi connectivity index (χ0v) is 17.8. The van der Waals surface area contributed by atoms with E-state index in [4.69, 9.17) is 20.6 Å². The van der Waals surface area contributed by atoms with Gasteiger partial charge >= 0.3 is 0 Å². The van der Waals surface area contributed by atoms with Crippen LogP contribution in [0.4, 0.5) is 11.6 Å². The van der Waals surface area contributed by atoms with Crippen molar-refractivity contribution in [2.75, 3.05) is 24.3 Å². The number of ether oxygens (including phenoxy) is 1. The molecular weight excluding hydrogens is 392 g/mol. The Morgan fingerprint density at radius 2 is 2.00 bits per heavy atom. The first-order valence-electron chi connectivity index (χ1n) is 10.9. The minimum absolute atomic E-state index is 0.223. The maximum atomic E-state index is 6.24. The van der Waals surface area contributed by atoms with E-state index >= 15 is 0 Å². The van der Waals surface area contributed by atoms with Gasteiger partial charge in [0.1, 0.15) is 11.3 Å². The van der Waals surface area contributed by atoms with E-state index in [0.717, 1.165) is 36.2 Å². The number of methoxy groups -OCH3 is 1. The average Bonchev–Trinajstić information content (AvgIpc) is 3.33. The number of hydrogen-bond acceptors (Lipinski definition) is 7. The van der Waals surface area contributed by atoms with Crippen molar-refractivity contribution in [2.24, 2.45) is 0 Å². The molecule has 1 aliphatic carbocycles. The molecule has 9 nitrogen and oxygen atoms in total. The molecule has 3 aromatic heterocycles. The summed E-state index contributed by atoms with van der Waals surface area (Å²) in [6.45, 7) is 3.15. The van der Waals surface area contributed by atoms with Gasteiger partial charge in [0, 0.05) is 30.1 Å². The van der Waals surface area contributed by atoms with Gasteiger partial charge in [0.05, 0.1) is 25.0 Å². The molecule has 1 saturated heterocycles. The number of aromatic nitrogens is 6. The molecule has 4 aromatic rings. The Kier molecular flexibility index (Phi) is 4.06. The summed E-state index contributed by atoms with van der Waals surface area (Å²) in [6, 6.07) is 6.85. The summed E-state index contributed by atoms with van der Waals surface area (Å²) in [7, 11) is 1.63. The minimum Gasteiger partial charge on any atom is -0.494 e. The Hall–Kier alpha value is -3.36. The monoisotopic (exact) mass is 418 g/mol. The predicted octanol–water partition coefficient (Wildman–Crippen LogP) is 3.17. The fourth-order valence-electron chi connectivity index (χ4n) is 4.67. The van der Waals surface area contributed by atoms with E-state index in [-0.39, 0.29) is 5.92 Å². The van der Waals surface area contributed by atoms with Gasteiger partial charge < -0.3 is 15.4 Å². The van der Waals surface area contributed by atoms with Crippen LogP contribution in [0.5, 0.6) is 5.75 Å². The van der Waals surface area contributed by atoms with Crippen LogP contribution in [0.15, 0.2) is 30.6 Å². The molecule has 2 fully saturated rings. The molecular formula is C22H26N8O. The van der Waals surface area contributed by atoms with Crippen LogP contribution in [-0.2, 0) is 0 Å². The molecule has 1 aliphatic heterocycles. The minimum atomic E-state index is 0.223. The van der Waals surface area contributed by atoms with Gasteiger partial charge in [-0.3, -0.25) is 4.68 Å². The lowest BCUT2D eigenvalue weighted by Crippen LogP contribution is -2.41. The van der Waals surface area contributed by atoms with Crippen molar-refractivity contribution in [3.05, 3.63) is 36.4 Å². The number of anilines is 2. The smallest absolute Gasteiger partial charge is 0.223 e. The molecule has 2 N–H and O–H groups in total. The molecule has 9 heteroatoms. The Morgan fingerprint density at radius 3 is 2.81 bits per heavy atom. The van der Waals surface area contributed by atoms with E-state index in [9.17, 15) is 0 Å². The van der Waals surface area contributed by atoms with Crippen LogP contribution in [0, 0.1) is 0 Å². The number of nitrogens with two attached hydrogens (primary N) is 1. The first-order valence-corrected chi connectivity index (χ1v) is 10.9. The summed E-state index contributed by atoms with van der Waals surface area (Å²) in [6.07, 6.45) is 8.78. The third-order valence-electron chi connectivity index (χ3n) is 6.61. The molecule has 0 unspecified atom stereocenters. The summed E-state index contributed by atoms with van der Waals surface area (Å²) in [5.41, 5.74) is 8.86. The van der Waals surface area contributed by atoms with Gasteiger partial charge in [-0.25, -0.2) is 9.97 Å². The number of nitrogen functional groups attached to an aromatic ring is 1. The van der Waals surface area contributed by atoms with Crippen molar-refractivity contribution in [3.63, 3.8) is 0 Å². The quantitative estimate of drug-likeness (QED) is 0.543. The van der Waals surface area contributed by atoms with E-state index in [0.29, 0.717) is 29.3 Å². The number of piperidine rings is 1. The molecule has 4 heterocycles. The molecule has 0 radical (unpaired) electrons. The van der Waals surface area contributed by atoms with Gasteiger partial charge in [-0.1, -0.05) is 6.07 Å². The first kappa shape index (κ1) is 18.4. The van der Waals surface area contributed by atoms with Crippen LogP contribution in [0.25, 0.3) is 16.6 Å². The predicted molar refractivity (Wildman–Crippen MR) is 119 cm³/mol. The second-order valence-electron chi connectivity index (χ2n) is 8.72. The summed E-state index contributed by atoms with van der Waals surface area (Å²) in [4.78, 5) is 11.9. The lowest BCUT2D eigenvalue weighted by molar-refractivity contribution is 0.419. The number of rotatable bonds is 4. The van der Waals surface area contributed by atoms with E-state index in [1.165, 1.54) is 18.5 Å². The van der Waals surface area contributed by atoms with Gasteiger partial charge in [0.25, 0.3) is 0 Å². The Morgan fingerprint density at radius 1 is 1.13 bits per heavy atom. The number of para-hydroxylation sites is 1. The van der Waals surface area contributed by atoms with E-state index < -0.39 is 0 Å². The van der Waals surface area contributed by atoms with Crippen molar-refractivity contribution < 1.29 is 4.74 Å². The lowest BCUT2D eigenvalue weighted by Gasteiger charge is -2.37. The van der Waals surface area contributed by atoms with Crippen LogP contribution in [0.3, 0.4) is 0 Å². The summed E-state index contributed by atoms with van der Waals surface area (Å²) in [5, 5.41) is 10.2. The molecule has 6 rings (SSSR count). The van der Waals surface area contributed by atoms with E-state index in [1.807, 2.05) is 24.4 Å². The van der Waals surface area contributed by atoms with Crippen LogP contribution < -0.4 is 15.4 Å². The zero-order valence-electron chi connectivity index (χ0n) is 17.8. The van der Waals surface area contributed by atoms with Crippen LogP contribution in [-0.4, -0.2) is 49.1 Å². The summed E-state index contributed by atoms with van der Waals surface area (Å²) < 4.78 is 9.23. The Balaban J connectivity index is 1.37. The van der Waals surface area contributed by atoms with E-state index in [2.05, 4.69) is 32.8 Å². The van der Waals surface area contributed by atoms with Crippen molar-refractivity contribution in [1.82, 2.24) is 29.4 Å². The average molecular weight is 419 g/mol.